The molecular formula is C14H9ClO2. The molecule has 0 amide bonds. The minimum absolute atomic E-state index is 0.00173. The van der Waals surface area contributed by atoms with Crippen molar-refractivity contribution in [3.63, 3.8) is 0 Å². The normalized spacial score (nSPS) is 25.7. The van der Waals surface area contributed by atoms with Gasteiger partial charge in [-0.15, -0.1) is 0 Å². The molecule has 0 aliphatic heterocycles. The topological polar surface area (TPSA) is 34.1 Å². The highest BCUT2D eigenvalue weighted by Gasteiger charge is 2.39. The number of carbonyl (C=O) groups is 2. The third kappa shape index (κ3) is 1.48. The number of rotatable bonds is 0. The predicted molar refractivity (Wildman–Crippen MR) is 65.4 cm³/mol. The highest BCUT2D eigenvalue weighted by atomic mass is 35.5. The van der Waals surface area contributed by atoms with Crippen LogP contribution in [0.2, 0.25) is 5.02 Å². The third-order valence-electron chi connectivity index (χ3n) is 3.25. The first kappa shape index (κ1) is 10.5. The lowest BCUT2D eigenvalue weighted by atomic mass is 9.72. The van der Waals surface area contributed by atoms with Crippen LogP contribution in [0, 0.1) is 11.8 Å². The highest BCUT2D eigenvalue weighted by Crippen LogP contribution is 2.34. The fraction of sp³-hybridized carbons (Fsp3) is 0.143. The molecule has 1 aromatic rings. The molecule has 0 N–H and O–H groups in total. The summed E-state index contributed by atoms with van der Waals surface area (Å²) in [5.74, 6) is -0.728. The van der Waals surface area contributed by atoms with Crippen LogP contribution in [0.1, 0.15) is 20.7 Å². The summed E-state index contributed by atoms with van der Waals surface area (Å²) in [4.78, 5) is 24.5. The second kappa shape index (κ2) is 3.67. The number of fused-ring (bicyclic) bond motifs is 2. The van der Waals surface area contributed by atoms with Crippen LogP contribution in [-0.2, 0) is 0 Å². The lowest BCUT2D eigenvalue weighted by Crippen LogP contribution is -2.35. The molecular weight excluding hydrogens is 236 g/mol. The second-order valence-corrected chi connectivity index (χ2v) is 4.68. The lowest BCUT2D eigenvalue weighted by molar-refractivity contribution is 0.0801. The molecule has 0 saturated carbocycles. The molecule has 2 atom stereocenters. The number of benzene rings is 1. The summed E-state index contributed by atoms with van der Waals surface area (Å²) in [6.45, 7) is 0. The van der Waals surface area contributed by atoms with Crippen molar-refractivity contribution in [2.75, 3.05) is 0 Å². The highest BCUT2D eigenvalue weighted by molar-refractivity contribution is 6.31. The van der Waals surface area contributed by atoms with Gasteiger partial charge in [0.1, 0.15) is 0 Å². The van der Waals surface area contributed by atoms with Gasteiger partial charge in [-0.05, 0) is 18.2 Å². The van der Waals surface area contributed by atoms with Crippen LogP contribution < -0.4 is 0 Å². The number of hydrogen-bond acceptors (Lipinski definition) is 2. The number of hydrogen-bond donors (Lipinski definition) is 0. The van der Waals surface area contributed by atoms with Gasteiger partial charge in [-0.2, -0.15) is 0 Å². The number of carbonyl (C=O) groups excluding carboxylic acids is 2. The standard InChI is InChI=1S/C14H9ClO2/c15-8-5-6-11-12(7-8)14(17)10-4-2-1-3-9(10)13(11)16/h1-7,9-10H/t9-,10+/m1/s1. The molecule has 0 bridgehead atoms. The molecule has 0 radical (unpaired) electrons. The van der Waals surface area contributed by atoms with Gasteiger partial charge in [-0.3, -0.25) is 9.59 Å². The van der Waals surface area contributed by atoms with Gasteiger partial charge < -0.3 is 0 Å². The van der Waals surface area contributed by atoms with Crippen molar-refractivity contribution >= 4 is 23.2 Å². The van der Waals surface area contributed by atoms with Gasteiger partial charge in [0, 0.05) is 16.1 Å². The summed E-state index contributed by atoms with van der Waals surface area (Å²) in [7, 11) is 0. The van der Waals surface area contributed by atoms with Crippen molar-refractivity contribution in [2.24, 2.45) is 11.8 Å². The molecule has 0 spiro atoms. The van der Waals surface area contributed by atoms with Crippen LogP contribution in [-0.4, -0.2) is 11.6 Å². The first-order chi connectivity index (χ1) is 8.18. The van der Waals surface area contributed by atoms with E-state index in [4.69, 9.17) is 11.6 Å². The molecule has 84 valence electrons. The number of allylic oxidation sites excluding steroid dienone is 4. The molecule has 1 aromatic carbocycles. The van der Waals surface area contributed by atoms with Crippen LogP contribution in [0.25, 0.3) is 0 Å². The van der Waals surface area contributed by atoms with E-state index in [0.717, 1.165) is 0 Å². The first-order valence-electron chi connectivity index (χ1n) is 5.41. The van der Waals surface area contributed by atoms with E-state index in [1.807, 2.05) is 12.2 Å². The maximum atomic E-state index is 12.3. The maximum Gasteiger partial charge on any atom is 0.171 e. The molecule has 0 saturated heterocycles. The van der Waals surface area contributed by atoms with Crippen molar-refractivity contribution in [2.45, 2.75) is 0 Å². The first-order valence-corrected chi connectivity index (χ1v) is 5.79. The molecule has 3 rings (SSSR count). The quantitative estimate of drug-likeness (QED) is 0.703. The van der Waals surface area contributed by atoms with Crippen molar-refractivity contribution in [3.05, 3.63) is 58.7 Å². The zero-order chi connectivity index (χ0) is 12.0. The molecule has 2 aliphatic rings. The second-order valence-electron chi connectivity index (χ2n) is 4.24. The van der Waals surface area contributed by atoms with Crippen LogP contribution >= 0.6 is 11.6 Å². The van der Waals surface area contributed by atoms with Gasteiger partial charge in [-0.1, -0.05) is 35.9 Å². The predicted octanol–water partition coefficient (Wildman–Crippen LogP) is 3.08. The minimum atomic E-state index is -0.363. The lowest BCUT2D eigenvalue weighted by Gasteiger charge is -2.28. The molecule has 0 heterocycles. The Kier molecular flexibility index (Phi) is 2.26. The van der Waals surface area contributed by atoms with E-state index in [2.05, 4.69) is 0 Å². The van der Waals surface area contributed by atoms with E-state index in [0.29, 0.717) is 16.1 Å². The Bertz CT molecular complexity index is 584. The Morgan fingerprint density at radius 2 is 1.47 bits per heavy atom. The largest absolute Gasteiger partial charge is 0.293 e. The zero-order valence-electron chi connectivity index (χ0n) is 8.89. The van der Waals surface area contributed by atoms with E-state index < -0.39 is 0 Å². The van der Waals surface area contributed by atoms with Crippen molar-refractivity contribution in [3.8, 4) is 0 Å². The van der Waals surface area contributed by atoms with Crippen LogP contribution in [0.5, 0.6) is 0 Å². The van der Waals surface area contributed by atoms with Gasteiger partial charge in [0.05, 0.1) is 11.8 Å². The molecule has 2 nitrogen and oxygen atoms in total. The van der Waals surface area contributed by atoms with E-state index in [9.17, 15) is 9.59 Å². The van der Waals surface area contributed by atoms with Crippen LogP contribution in [0.4, 0.5) is 0 Å². The monoisotopic (exact) mass is 244 g/mol. The molecule has 0 unspecified atom stereocenters. The summed E-state index contributed by atoms with van der Waals surface area (Å²) in [5.41, 5.74) is 0.935. The maximum absolute atomic E-state index is 12.3. The molecule has 0 aromatic heterocycles. The van der Waals surface area contributed by atoms with E-state index >= 15 is 0 Å². The summed E-state index contributed by atoms with van der Waals surface area (Å²) in [6.07, 6.45) is 7.20. The fourth-order valence-corrected chi connectivity index (χ4v) is 2.57. The van der Waals surface area contributed by atoms with E-state index in [-0.39, 0.29) is 23.4 Å². The summed E-state index contributed by atoms with van der Waals surface area (Å²) in [5, 5.41) is 0.485. The molecule has 0 fully saturated rings. The summed E-state index contributed by atoms with van der Waals surface area (Å²) < 4.78 is 0. The number of halogens is 1. The fourth-order valence-electron chi connectivity index (χ4n) is 2.40. The van der Waals surface area contributed by atoms with Crippen molar-refractivity contribution in [1.29, 1.82) is 0 Å². The Morgan fingerprint density at radius 1 is 0.882 bits per heavy atom. The van der Waals surface area contributed by atoms with Gasteiger partial charge in [-0.25, -0.2) is 0 Å². The van der Waals surface area contributed by atoms with Gasteiger partial charge in [0.15, 0.2) is 11.6 Å². The van der Waals surface area contributed by atoms with Crippen molar-refractivity contribution < 1.29 is 9.59 Å². The Labute approximate surface area is 104 Å². The van der Waals surface area contributed by atoms with Crippen LogP contribution in [0.15, 0.2) is 42.5 Å². The van der Waals surface area contributed by atoms with E-state index in [1.165, 1.54) is 0 Å². The summed E-state index contributed by atoms with van der Waals surface area (Å²) in [6, 6.07) is 4.87. The Morgan fingerprint density at radius 3 is 2.12 bits per heavy atom. The number of ketones is 2. The third-order valence-corrected chi connectivity index (χ3v) is 3.49. The average molecular weight is 245 g/mol. The SMILES string of the molecule is O=C1c2cc(Cl)ccc2C(=O)[C@@H]2C=CC=C[C@H]12. The van der Waals surface area contributed by atoms with Gasteiger partial charge >= 0.3 is 0 Å². The smallest absolute Gasteiger partial charge is 0.171 e. The van der Waals surface area contributed by atoms with Crippen molar-refractivity contribution in [1.82, 2.24) is 0 Å². The number of Topliss-reactive ketones (excluding diaryl/α,β-unsaturated/α-hetero) is 2. The van der Waals surface area contributed by atoms with Gasteiger partial charge in [0.2, 0.25) is 0 Å². The Hall–Kier alpha value is -1.67. The van der Waals surface area contributed by atoms with Crippen LogP contribution in [0.3, 0.4) is 0 Å². The molecule has 17 heavy (non-hydrogen) atoms. The molecule has 3 heteroatoms. The minimum Gasteiger partial charge on any atom is -0.293 e. The zero-order valence-corrected chi connectivity index (χ0v) is 9.65. The summed E-state index contributed by atoms with van der Waals surface area (Å²) >= 11 is 5.87. The average Bonchev–Trinajstić information content (AvgIpc) is 2.36. The molecule has 2 aliphatic carbocycles. The Balaban J connectivity index is 2.21. The van der Waals surface area contributed by atoms with E-state index in [1.54, 1.807) is 30.4 Å². The van der Waals surface area contributed by atoms with Gasteiger partial charge in [0.25, 0.3) is 0 Å².